The van der Waals surface area contributed by atoms with E-state index in [1.165, 1.54) is 19.6 Å². The molecule has 84 valence electrons. The van der Waals surface area contributed by atoms with Crippen molar-refractivity contribution in [2.24, 2.45) is 0 Å². The summed E-state index contributed by atoms with van der Waals surface area (Å²) in [6, 6.07) is 0. The summed E-state index contributed by atoms with van der Waals surface area (Å²) in [5.41, 5.74) is 0. The van der Waals surface area contributed by atoms with Crippen molar-refractivity contribution in [3.8, 4) is 0 Å². The first kappa shape index (κ1) is 41.0. The van der Waals surface area contributed by atoms with Gasteiger partial charge in [-0.3, -0.25) is 0 Å². The van der Waals surface area contributed by atoms with Crippen LogP contribution in [-0.4, -0.2) is 35.5 Å². The molecular weight excluding hydrogens is 160 g/mol. The van der Waals surface area contributed by atoms with E-state index in [-0.39, 0.29) is 29.4 Å². The Morgan fingerprint density at radius 2 is 0.833 bits per heavy atom. The molecule has 0 aromatic heterocycles. The zero-order valence-corrected chi connectivity index (χ0v) is 8.69. The van der Waals surface area contributed by atoms with Gasteiger partial charge >= 0.3 is 0 Å². The van der Waals surface area contributed by atoms with Crippen LogP contribution in [0.25, 0.3) is 0 Å². The second-order valence-electron chi connectivity index (χ2n) is 1.62. The lowest BCUT2D eigenvalue weighted by atomic mass is 10.5. The summed E-state index contributed by atoms with van der Waals surface area (Å²) >= 11 is 0. The zero-order chi connectivity index (χ0) is 5.70. The van der Waals surface area contributed by atoms with Crippen LogP contribution in [0.3, 0.4) is 0 Å². The van der Waals surface area contributed by atoms with Crippen LogP contribution < -0.4 is 18.5 Å². The van der Waals surface area contributed by atoms with Gasteiger partial charge < -0.3 is 34.3 Å². The molecule has 0 radical (unpaired) electrons. The van der Waals surface area contributed by atoms with E-state index in [1.54, 1.807) is 0 Å². The Kier molecular flexibility index (Phi) is 106. The van der Waals surface area contributed by atoms with E-state index >= 15 is 0 Å². The van der Waals surface area contributed by atoms with Gasteiger partial charge in [-0.15, -0.1) is 0 Å². The molecule has 0 heterocycles. The molecule has 0 saturated heterocycles. The fraction of sp³-hybridized carbons (Fsp3) is 1.00. The molecule has 0 atom stereocenters. The van der Waals surface area contributed by atoms with Gasteiger partial charge in [-0.25, -0.2) is 0 Å². The molecule has 0 saturated carbocycles. The first-order valence-electron chi connectivity index (χ1n) is 3.07. The van der Waals surface area contributed by atoms with Gasteiger partial charge in [-0.1, -0.05) is 20.8 Å². The van der Waals surface area contributed by atoms with Gasteiger partial charge in [-0.05, 0) is 19.6 Å². The van der Waals surface area contributed by atoms with Crippen molar-refractivity contribution in [3.63, 3.8) is 0 Å². The SMILES string of the molecule is CCN(CC)CC.N.N.N.O.O. The highest BCUT2D eigenvalue weighted by Gasteiger charge is 1.89. The van der Waals surface area contributed by atoms with E-state index in [2.05, 4.69) is 25.7 Å². The Hall–Kier alpha value is -0.240. The Bertz CT molecular complexity index is 39.0. The highest BCUT2D eigenvalue weighted by Crippen LogP contribution is 1.81. The average Bonchev–Trinajstić information content (AvgIpc) is 1.72. The van der Waals surface area contributed by atoms with E-state index < -0.39 is 0 Å². The van der Waals surface area contributed by atoms with Gasteiger partial charge in [0.15, 0.2) is 0 Å². The number of hydrogen-bond acceptors (Lipinski definition) is 4. The van der Waals surface area contributed by atoms with E-state index in [4.69, 9.17) is 0 Å². The predicted molar refractivity (Wildman–Crippen MR) is 55.8 cm³/mol. The summed E-state index contributed by atoms with van der Waals surface area (Å²) in [5, 5.41) is 0. The topological polar surface area (TPSA) is 171 Å². The lowest BCUT2D eigenvalue weighted by Crippen LogP contribution is -2.21. The standard InChI is InChI=1S/C6H15N.3H3N.2H2O/c1-4-7(5-2)6-3;;;;;/h4-6H2,1-3H3;3*1H3;2*1H2. The Labute approximate surface area is 75.7 Å². The van der Waals surface area contributed by atoms with Crippen molar-refractivity contribution in [2.45, 2.75) is 20.8 Å². The smallest absolute Gasteiger partial charge is 0.00474 e. The van der Waals surface area contributed by atoms with Crippen LogP contribution in [0.4, 0.5) is 0 Å². The summed E-state index contributed by atoms with van der Waals surface area (Å²) in [4.78, 5) is 2.38. The van der Waals surface area contributed by atoms with Crippen molar-refractivity contribution in [3.05, 3.63) is 0 Å². The van der Waals surface area contributed by atoms with Crippen LogP contribution in [0.1, 0.15) is 20.8 Å². The number of rotatable bonds is 3. The predicted octanol–water partition coefficient (Wildman–Crippen LogP) is 0.185. The van der Waals surface area contributed by atoms with Crippen LogP contribution in [-0.2, 0) is 0 Å². The summed E-state index contributed by atoms with van der Waals surface area (Å²) in [5.74, 6) is 0. The zero-order valence-electron chi connectivity index (χ0n) is 8.69. The van der Waals surface area contributed by atoms with Gasteiger partial charge in [0, 0.05) is 0 Å². The molecule has 0 aliphatic heterocycles. The lowest BCUT2D eigenvalue weighted by molar-refractivity contribution is 0.321. The van der Waals surface area contributed by atoms with Crippen LogP contribution in [0.2, 0.25) is 0 Å². The normalized spacial score (nSPS) is 6.00. The van der Waals surface area contributed by atoms with Crippen molar-refractivity contribution in [1.82, 2.24) is 23.4 Å². The highest BCUT2D eigenvalue weighted by atomic mass is 16.0. The maximum atomic E-state index is 2.38. The molecule has 0 bridgehead atoms. The Morgan fingerprint density at radius 1 is 0.667 bits per heavy atom. The minimum absolute atomic E-state index is 0. The molecule has 0 aliphatic rings. The van der Waals surface area contributed by atoms with Gasteiger partial charge in [0.1, 0.15) is 0 Å². The van der Waals surface area contributed by atoms with Gasteiger partial charge in [-0.2, -0.15) is 0 Å². The molecule has 0 aromatic rings. The first-order chi connectivity index (χ1) is 3.35. The molecule has 0 aliphatic carbocycles. The maximum absolute atomic E-state index is 2.38. The van der Waals surface area contributed by atoms with Crippen molar-refractivity contribution < 1.29 is 11.0 Å². The molecule has 6 heteroatoms. The summed E-state index contributed by atoms with van der Waals surface area (Å²) < 4.78 is 0. The summed E-state index contributed by atoms with van der Waals surface area (Å²) in [6.07, 6.45) is 0. The third kappa shape index (κ3) is 22.6. The third-order valence-corrected chi connectivity index (χ3v) is 1.34. The largest absolute Gasteiger partial charge is 0.412 e. The minimum atomic E-state index is 0. The fourth-order valence-corrected chi connectivity index (χ4v) is 0.671. The molecule has 13 N–H and O–H groups in total. The van der Waals surface area contributed by atoms with Crippen LogP contribution in [0.5, 0.6) is 0 Å². The molecule has 6 nitrogen and oxygen atoms in total. The quantitative estimate of drug-likeness (QED) is 0.573. The minimum Gasteiger partial charge on any atom is -0.412 e. The molecular formula is C6H28N4O2. The van der Waals surface area contributed by atoms with Crippen LogP contribution in [0, 0.1) is 0 Å². The van der Waals surface area contributed by atoms with Crippen molar-refractivity contribution in [2.75, 3.05) is 19.6 Å². The van der Waals surface area contributed by atoms with E-state index in [1.807, 2.05) is 0 Å². The Morgan fingerprint density at radius 3 is 0.833 bits per heavy atom. The molecule has 0 amide bonds. The van der Waals surface area contributed by atoms with Crippen molar-refractivity contribution >= 4 is 0 Å². The van der Waals surface area contributed by atoms with Crippen molar-refractivity contribution in [1.29, 1.82) is 0 Å². The molecule has 0 unspecified atom stereocenters. The average molecular weight is 188 g/mol. The van der Waals surface area contributed by atoms with E-state index in [0.29, 0.717) is 0 Å². The monoisotopic (exact) mass is 188 g/mol. The number of nitrogens with zero attached hydrogens (tertiary/aromatic N) is 1. The van der Waals surface area contributed by atoms with Crippen LogP contribution >= 0.6 is 0 Å². The van der Waals surface area contributed by atoms with Gasteiger partial charge in [0.2, 0.25) is 0 Å². The second-order valence-corrected chi connectivity index (χ2v) is 1.62. The summed E-state index contributed by atoms with van der Waals surface area (Å²) in [6.45, 7) is 10.1. The Balaban J connectivity index is -0.0000000180. The second kappa shape index (κ2) is 30.9. The first-order valence-corrected chi connectivity index (χ1v) is 3.07. The summed E-state index contributed by atoms with van der Waals surface area (Å²) in [7, 11) is 0. The van der Waals surface area contributed by atoms with Crippen LogP contribution in [0.15, 0.2) is 0 Å². The highest BCUT2D eigenvalue weighted by molar-refractivity contribution is 4.43. The molecule has 0 spiro atoms. The van der Waals surface area contributed by atoms with Gasteiger partial charge in [0.25, 0.3) is 0 Å². The van der Waals surface area contributed by atoms with E-state index in [9.17, 15) is 0 Å². The fourth-order valence-electron chi connectivity index (χ4n) is 0.671. The lowest BCUT2D eigenvalue weighted by Gasteiger charge is -2.13. The van der Waals surface area contributed by atoms with Gasteiger partial charge in [0.05, 0.1) is 0 Å². The third-order valence-electron chi connectivity index (χ3n) is 1.34. The molecule has 0 fully saturated rings. The van der Waals surface area contributed by atoms with E-state index in [0.717, 1.165) is 0 Å². The molecule has 0 rings (SSSR count). The number of hydrogen-bond donors (Lipinski definition) is 3. The molecule has 0 aromatic carbocycles. The molecule has 12 heavy (non-hydrogen) atoms. The maximum Gasteiger partial charge on any atom is -0.00474 e.